The smallest absolute Gasteiger partial charge is 0.270 e. The summed E-state index contributed by atoms with van der Waals surface area (Å²) in [4.78, 5) is 28.6. The number of hydrogen-bond donors (Lipinski definition) is 3. The number of hydrogen-bond acceptors (Lipinski definition) is 5. The third kappa shape index (κ3) is 3.74. The van der Waals surface area contributed by atoms with Gasteiger partial charge in [0.15, 0.2) is 10.8 Å². The van der Waals surface area contributed by atoms with Crippen LogP contribution < -0.4 is 16.4 Å². The quantitative estimate of drug-likeness (QED) is 0.589. The topological polar surface area (TPSA) is 102 Å². The first kappa shape index (κ1) is 19.6. The van der Waals surface area contributed by atoms with Gasteiger partial charge < -0.3 is 20.9 Å². The van der Waals surface area contributed by atoms with Gasteiger partial charge in [-0.1, -0.05) is 11.3 Å². The standard InChI is InChI=1S/C19H20FN5O2S/c1-4-22-19-23-15(16(21)26)18(28-19)24-17(27)13-9-14(25(3)10(13)2)11-5-7-12(20)8-6-11/h5-9H,4H2,1-3H3,(H2,21,26)(H,22,23)(H,24,27). The van der Waals surface area contributed by atoms with Crippen molar-refractivity contribution in [3.05, 3.63) is 53.1 Å². The summed E-state index contributed by atoms with van der Waals surface area (Å²) in [5, 5.41) is 6.53. The molecule has 2 amide bonds. The number of benzene rings is 1. The molecule has 3 rings (SSSR count). The lowest BCUT2D eigenvalue weighted by Gasteiger charge is -2.05. The highest BCUT2D eigenvalue weighted by Crippen LogP contribution is 2.30. The number of carbonyl (C=O) groups is 2. The zero-order valence-corrected chi connectivity index (χ0v) is 16.5. The summed E-state index contributed by atoms with van der Waals surface area (Å²) in [6.07, 6.45) is 0. The van der Waals surface area contributed by atoms with E-state index in [-0.39, 0.29) is 17.4 Å². The predicted molar refractivity (Wildman–Crippen MR) is 108 cm³/mol. The van der Waals surface area contributed by atoms with Crippen LogP contribution in [0.15, 0.2) is 30.3 Å². The molecule has 0 fully saturated rings. The van der Waals surface area contributed by atoms with E-state index in [1.54, 1.807) is 18.2 Å². The van der Waals surface area contributed by atoms with Crippen LogP contribution in [0.1, 0.15) is 33.5 Å². The van der Waals surface area contributed by atoms with Crippen LogP contribution in [0.2, 0.25) is 0 Å². The summed E-state index contributed by atoms with van der Waals surface area (Å²) in [5.41, 5.74) is 8.12. The average Bonchev–Trinajstić information content (AvgIpc) is 3.18. The maximum Gasteiger partial charge on any atom is 0.270 e. The Morgan fingerprint density at radius 3 is 2.57 bits per heavy atom. The highest BCUT2D eigenvalue weighted by Gasteiger charge is 2.21. The summed E-state index contributed by atoms with van der Waals surface area (Å²) >= 11 is 1.15. The van der Waals surface area contributed by atoms with Crippen molar-refractivity contribution in [1.29, 1.82) is 0 Å². The van der Waals surface area contributed by atoms with E-state index >= 15 is 0 Å². The van der Waals surface area contributed by atoms with Crippen molar-refractivity contribution < 1.29 is 14.0 Å². The molecular formula is C19H20FN5O2S. The second kappa shape index (κ2) is 7.81. The molecule has 4 N–H and O–H groups in total. The van der Waals surface area contributed by atoms with Crippen molar-refractivity contribution in [3.63, 3.8) is 0 Å². The van der Waals surface area contributed by atoms with Crippen LogP contribution in [-0.2, 0) is 7.05 Å². The Bertz CT molecular complexity index is 1040. The number of anilines is 2. The van der Waals surface area contributed by atoms with Crippen LogP contribution in [0, 0.1) is 12.7 Å². The normalized spacial score (nSPS) is 10.7. The second-order valence-electron chi connectivity index (χ2n) is 6.14. The van der Waals surface area contributed by atoms with E-state index < -0.39 is 5.91 Å². The Labute approximate surface area is 165 Å². The number of amides is 2. The Morgan fingerprint density at radius 2 is 1.96 bits per heavy atom. The maximum absolute atomic E-state index is 13.2. The zero-order valence-electron chi connectivity index (χ0n) is 15.7. The molecule has 0 bridgehead atoms. The summed E-state index contributed by atoms with van der Waals surface area (Å²) < 4.78 is 15.1. The molecule has 3 aromatic rings. The van der Waals surface area contributed by atoms with Gasteiger partial charge in [-0.05, 0) is 49.7 Å². The number of rotatable bonds is 6. The first-order valence-electron chi connectivity index (χ1n) is 8.60. The third-order valence-electron chi connectivity index (χ3n) is 4.34. The molecule has 2 heterocycles. The molecule has 0 atom stereocenters. The van der Waals surface area contributed by atoms with E-state index in [1.807, 2.05) is 25.5 Å². The van der Waals surface area contributed by atoms with Gasteiger partial charge >= 0.3 is 0 Å². The monoisotopic (exact) mass is 401 g/mol. The van der Waals surface area contributed by atoms with Crippen molar-refractivity contribution >= 4 is 33.3 Å². The lowest BCUT2D eigenvalue weighted by atomic mass is 10.1. The number of carbonyl (C=O) groups excluding carboxylic acids is 2. The van der Waals surface area contributed by atoms with Crippen LogP contribution in [0.5, 0.6) is 0 Å². The van der Waals surface area contributed by atoms with E-state index in [9.17, 15) is 14.0 Å². The minimum atomic E-state index is -0.715. The first-order valence-corrected chi connectivity index (χ1v) is 9.41. The van der Waals surface area contributed by atoms with Crippen LogP contribution >= 0.6 is 11.3 Å². The van der Waals surface area contributed by atoms with E-state index in [2.05, 4.69) is 15.6 Å². The molecule has 0 aliphatic heterocycles. The number of thiazole rings is 1. The average molecular weight is 401 g/mol. The third-order valence-corrected chi connectivity index (χ3v) is 5.26. The van der Waals surface area contributed by atoms with Crippen LogP contribution in [-0.4, -0.2) is 27.9 Å². The maximum atomic E-state index is 13.2. The van der Waals surface area contributed by atoms with E-state index in [0.717, 1.165) is 28.3 Å². The molecule has 0 spiro atoms. The van der Waals surface area contributed by atoms with Gasteiger partial charge in [0.1, 0.15) is 10.8 Å². The van der Waals surface area contributed by atoms with Crippen molar-refractivity contribution in [2.45, 2.75) is 13.8 Å². The van der Waals surface area contributed by atoms with Gasteiger partial charge in [0.25, 0.3) is 11.8 Å². The van der Waals surface area contributed by atoms with Gasteiger partial charge in [-0.15, -0.1) is 0 Å². The van der Waals surface area contributed by atoms with Crippen molar-refractivity contribution in [3.8, 4) is 11.3 Å². The van der Waals surface area contributed by atoms with Gasteiger partial charge in [0, 0.05) is 25.0 Å². The van der Waals surface area contributed by atoms with Gasteiger partial charge in [-0.25, -0.2) is 9.37 Å². The predicted octanol–water partition coefficient (Wildman–Crippen LogP) is 3.38. The van der Waals surface area contributed by atoms with E-state index in [0.29, 0.717) is 22.2 Å². The molecule has 28 heavy (non-hydrogen) atoms. The highest BCUT2D eigenvalue weighted by molar-refractivity contribution is 7.20. The van der Waals surface area contributed by atoms with E-state index in [4.69, 9.17) is 5.73 Å². The number of aromatic nitrogens is 2. The lowest BCUT2D eigenvalue weighted by molar-refractivity contribution is 0.0997. The Kier molecular flexibility index (Phi) is 5.46. The molecule has 7 nitrogen and oxygen atoms in total. The molecule has 0 aliphatic carbocycles. The fraction of sp³-hybridized carbons (Fsp3) is 0.211. The molecular weight excluding hydrogens is 381 g/mol. The second-order valence-corrected chi connectivity index (χ2v) is 7.14. The number of nitrogens with one attached hydrogen (secondary N) is 2. The number of nitrogens with zero attached hydrogens (tertiary/aromatic N) is 2. The molecule has 0 unspecified atom stereocenters. The minimum absolute atomic E-state index is 0.0154. The highest BCUT2D eigenvalue weighted by atomic mass is 32.1. The molecule has 0 saturated carbocycles. The summed E-state index contributed by atoms with van der Waals surface area (Å²) in [6, 6.07) is 7.78. The zero-order chi connectivity index (χ0) is 20.4. The molecule has 146 valence electrons. The SMILES string of the molecule is CCNc1nc(C(N)=O)c(NC(=O)c2cc(-c3ccc(F)cc3)n(C)c2C)s1. The summed E-state index contributed by atoms with van der Waals surface area (Å²) in [6.45, 7) is 4.33. The van der Waals surface area contributed by atoms with Crippen molar-refractivity contribution in [2.24, 2.45) is 12.8 Å². The molecule has 2 aromatic heterocycles. The van der Waals surface area contributed by atoms with E-state index in [1.165, 1.54) is 12.1 Å². The summed E-state index contributed by atoms with van der Waals surface area (Å²) in [7, 11) is 1.83. The summed E-state index contributed by atoms with van der Waals surface area (Å²) in [5.74, 6) is -1.42. The molecule has 0 saturated heterocycles. The van der Waals surface area contributed by atoms with Gasteiger partial charge in [0.2, 0.25) is 0 Å². The van der Waals surface area contributed by atoms with Gasteiger partial charge in [-0.3, -0.25) is 9.59 Å². The fourth-order valence-corrected chi connectivity index (χ4v) is 3.73. The van der Waals surface area contributed by atoms with Crippen molar-refractivity contribution in [1.82, 2.24) is 9.55 Å². The molecule has 0 radical (unpaired) electrons. The van der Waals surface area contributed by atoms with Gasteiger partial charge in [-0.2, -0.15) is 0 Å². The van der Waals surface area contributed by atoms with Crippen LogP contribution in [0.3, 0.4) is 0 Å². The van der Waals surface area contributed by atoms with Crippen LogP contribution in [0.25, 0.3) is 11.3 Å². The van der Waals surface area contributed by atoms with Gasteiger partial charge in [0.05, 0.1) is 5.56 Å². The Balaban J connectivity index is 1.93. The Hall–Kier alpha value is -3.20. The largest absolute Gasteiger partial charge is 0.364 e. The molecule has 0 aliphatic rings. The van der Waals surface area contributed by atoms with Crippen LogP contribution in [0.4, 0.5) is 14.5 Å². The minimum Gasteiger partial charge on any atom is -0.364 e. The number of halogens is 1. The van der Waals surface area contributed by atoms with Crippen molar-refractivity contribution in [2.75, 3.05) is 17.2 Å². The Morgan fingerprint density at radius 1 is 1.29 bits per heavy atom. The fourth-order valence-electron chi connectivity index (χ4n) is 2.80. The lowest BCUT2D eigenvalue weighted by Crippen LogP contribution is -2.18. The number of nitrogens with two attached hydrogens (primary N) is 1. The number of primary amides is 1. The molecule has 9 heteroatoms. The molecule has 1 aromatic carbocycles. The first-order chi connectivity index (χ1) is 13.3.